The van der Waals surface area contributed by atoms with Gasteiger partial charge in [0, 0.05) is 11.3 Å². The van der Waals surface area contributed by atoms with Gasteiger partial charge >= 0.3 is 6.18 Å². The fourth-order valence-electron chi connectivity index (χ4n) is 2.82. The van der Waals surface area contributed by atoms with E-state index in [4.69, 9.17) is 4.74 Å². The number of nitrogens with zero attached hydrogens (tertiary/aromatic N) is 1. The van der Waals surface area contributed by atoms with Gasteiger partial charge in [0.1, 0.15) is 12.7 Å². The van der Waals surface area contributed by atoms with E-state index in [1.54, 1.807) is 18.2 Å². The smallest absolute Gasteiger partial charge is 0.406 e. The Balaban J connectivity index is 2.11. The van der Waals surface area contributed by atoms with Crippen LogP contribution in [0.25, 0.3) is 0 Å². The molecule has 2 aromatic rings. The number of amides is 1. The molecule has 0 fully saturated rings. The zero-order valence-corrected chi connectivity index (χ0v) is 13.2. The summed E-state index contributed by atoms with van der Waals surface area (Å²) in [5.41, 5.74) is 0.662. The minimum Gasteiger partial charge on any atom is -0.504 e. The summed E-state index contributed by atoms with van der Waals surface area (Å²) in [6.45, 7) is -1.45. The minimum absolute atomic E-state index is 0.109. The van der Waals surface area contributed by atoms with E-state index in [0.717, 1.165) is 0 Å². The van der Waals surface area contributed by atoms with Crippen molar-refractivity contribution in [2.45, 2.75) is 12.3 Å². The van der Waals surface area contributed by atoms with Crippen molar-refractivity contribution in [2.24, 2.45) is 0 Å². The highest BCUT2D eigenvalue weighted by molar-refractivity contribution is 6.01. The van der Waals surface area contributed by atoms with Gasteiger partial charge in [-0.05, 0) is 18.2 Å². The maximum absolute atomic E-state index is 13.0. The van der Waals surface area contributed by atoms with Crippen LogP contribution in [-0.4, -0.2) is 35.7 Å². The second-order valence-electron chi connectivity index (χ2n) is 5.54. The topological polar surface area (TPSA) is 61.8 Å². The molecule has 8 heteroatoms. The number of para-hydroxylation sites is 2. The lowest BCUT2D eigenvalue weighted by atomic mass is 10.0. The predicted octanol–water partition coefficient (Wildman–Crippen LogP) is 3.53. The largest absolute Gasteiger partial charge is 0.504 e. The van der Waals surface area contributed by atoms with E-state index in [2.05, 4.69) is 5.32 Å². The third-order valence-corrected chi connectivity index (χ3v) is 3.92. The number of anilines is 1. The number of ether oxygens (including phenoxy) is 1. The summed E-state index contributed by atoms with van der Waals surface area (Å²) in [5, 5.41) is 13.2. The van der Waals surface area contributed by atoms with Crippen molar-refractivity contribution in [3.05, 3.63) is 53.6 Å². The number of methoxy groups -OCH3 is 1. The lowest BCUT2D eigenvalue weighted by molar-refractivity contribution is -0.144. The van der Waals surface area contributed by atoms with Gasteiger partial charge in [-0.15, -0.1) is 0 Å². The Morgan fingerprint density at radius 3 is 2.60 bits per heavy atom. The molecule has 1 aliphatic rings. The van der Waals surface area contributed by atoms with Gasteiger partial charge in [-0.3, -0.25) is 4.79 Å². The van der Waals surface area contributed by atoms with Gasteiger partial charge in [0.15, 0.2) is 11.5 Å². The number of rotatable bonds is 3. The van der Waals surface area contributed by atoms with E-state index in [-0.39, 0.29) is 22.6 Å². The van der Waals surface area contributed by atoms with Crippen molar-refractivity contribution >= 4 is 11.6 Å². The molecule has 132 valence electrons. The van der Waals surface area contributed by atoms with E-state index in [0.29, 0.717) is 10.6 Å². The lowest BCUT2D eigenvalue weighted by Gasteiger charge is -2.38. The molecule has 1 aliphatic heterocycles. The highest BCUT2D eigenvalue weighted by atomic mass is 19.4. The average molecular weight is 352 g/mol. The van der Waals surface area contributed by atoms with Gasteiger partial charge < -0.3 is 20.1 Å². The fourth-order valence-corrected chi connectivity index (χ4v) is 2.82. The van der Waals surface area contributed by atoms with Crippen LogP contribution in [0.3, 0.4) is 0 Å². The third kappa shape index (κ3) is 3.19. The third-order valence-electron chi connectivity index (χ3n) is 3.92. The molecule has 0 radical (unpaired) electrons. The molecule has 1 heterocycles. The first-order chi connectivity index (χ1) is 11.8. The van der Waals surface area contributed by atoms with Crippen molar-refractivity contribution in [1.82, 2.24) is 4.90 Å². The molecule has 5 nitrogen and oxygen atoms in total. The summed E-state index contributed by atoms with van der Waals surface area (Å²) in [7, 11) is 1.33. The molecular weight excluding hydrogens is 337 g/mol. The summed E-state index contributed by atoms with van der Waals surface area (Å²) in [6.07, 6.45) is -5.77. The molecule has 1 atom stereocenters. The number of aromatic hydroxyl groups is 1. The van der Waals surface area contributed by atoms with Gasteiger partial charge in [0.05, 0.1) is 12.7 Å². The first-order valence-electron chi connectivity index (χ1n) is 7.41. The van der Waals surface area contributed by atoms with E-state index in [1.165, 1.54) is 31.4 Å². The van der Waals surface area contributed by atoms with Crippen LogP contribution in [0.1, 0.15) is 22.1 Å². The van der Waals surface area contributed by atoms with Crippen LogP contribution in [0.5, 0.6) is 11.5 Å². The first kappa shape index (κ1) is 16.9. The number of fused-ring (bicyclic) bond motifs is 1. The summed E-state index contributed by atoms with van der Waals surface area (Å²) >= 11 is 0. The summed E-state index contributed by atoms with van der Waals surface area (Å²) in [4.78, 5) is 13.3. The average Bonchev–Trinajstić information content (AvgIpc) is 2.57. The van der Waals surface area contributed by atoms with Crippen molar-refractivity contribution in [3.8, 4) is 11.5 Å². The van der Waals surface area contributed by atoms with Gasteiger partial charge in [0.25, 0.3) is 5.91 Å². The molecule has 2 N–H and O–H groups in total. The molecule has 2 aromatic carbocycles. The molecule has 0 saturated carbocycles. The molecule has 0 unspecified atom stereocenters. The van der Waals surface area contributed by atoms with Crippen LogP contribution in [0.2, 0.25) is 0 Å². The van der Waals surface area contributed by atoms with Crippen LogP contribution >= 0.6 is 0 Å². The van der Waals surface area contributed by atoms with Crippen LogP contribution in [0.4, 0.5) is 18.9 Å². The Bertz CT molecular complexity index is 808. The Kier molecular flexibility index (Phi) is 4.20. The number of halogens is 3. The Morgan fingerprint density at radius 1 is 1.20 bits per heavy atom. The Hall–Kier alpha value is -2.90. The highest BCUT2D eigenvalue weighted by Gasteiger charge is 2.41. The second-order valence-corrected chi connectivity index (χ2v) is 5.54. The van der Waals surface area contributed by atoms with Crippen molar-refractivity contribution in [2.75, 3.05) is 19.0 Å². The first-order valence-corrected chi connectivity index (χ1v) is 7.41. The molecular formula is C17H15F3N2O3. The molecule has 0 bridgehead atoms. The van der Waals surface area contributed by atoms with Gasteiger partial charge in [-0.2, -0.15) is 13.2 Å². The number of hydrogen-bond donors (Lipinski definition) is 2. The van der Waals surface area contributed by atoms with Crippen LogP contribution in [0.15, 0.2) is 42.5 Å². The number of phenols is 1. The number of nitrogens with one attached hydrogen (secondary N) is 1. The molecule has 0 aromatic heterocycles. The zero-order valence-electron chi connectivity index (χ0n) is 13.2. The molecule has 0 aliphatic carbocycles. The van der Waals surface area contributed by atoms with Gasteiger partial charge in [0.2, 0.25) is 0 Å². The number of hydrogen-bond acceptors (Lipinski definition) is 4. The maximum Gasteiger partial charge on any atom is 0.406 e. The molecule has 0 saturated heterocycles. The molecule has 0 spiro atoms. The molecule has 3 rings (SSSR count). The monoisotopic (exact) mass is 352 g/mol. The standard InChI is InChI=1S/C17H15F3N2O3/c1-25-13-8-4-6-11(14(13)23)15-21-12-7-3-2-5-10(12)16(24)22(15)9-17(18,19)20/h2-8,15,21,23H,9H2,1H3/t15-/m0/s1. The van der Waals surface area contributed by atoms with E-state index < -0.39 is 24.8 Å². The number of alkyl halides is 3. The van der Waals surface area contributed by atoms with Crippen LogP contribution in [-0.2, 0) is 0 Å². The number of carbonyl (C=O) groups excluding carboxylic acids is 1. The fraction of sp³-hybridized carbons (Fsp3) is 0.235. The molecule has 1 amide bonds. The van der Waals surface area contributed by atoms with Crippen LogP contribution in [0, 0.1) is 0 Å². The number of carbonyl (C=O) groups is 1. The van der Waals surface area contributed by atoms with Gasteiger partial charge in [-0.25, -0.2) is 0 Å². The minimum atomic E-state index is -4.59. The van der Waals surface area contributed by atoms with E-state index >= 15 is 0 Å². The van der Waals surface area contributed by atoms with Crippen molar-refractivity contribution < 1.29 is 27.8 Å². The van der Waals surface area contributed by atoms with Crippen molar-refractivity contribution in [3.63, 3.8) is 0 Å². The summed E-state index contributed by atoms with van der Waals surface area (Å²) in [5.74, 6) is -0.974. The zero-order chi connectivity index (χ0) is 18.2. The Labute approximate surface area is 141 Å². The van der Waals surface area contributed by atoms with Crippen molar-refractivity contribution in [1.29, 1.82) is 0 Å². The van der Waals surface area contributed by atoms with Crippen LogP contribution < -0.4 is 10.1 Å². The van der Waals surface area contributed by atoms with E-state index in [9.17, 15) is 23.1 Å². The van der Waals surface area contributed by atoms with E-state index in [1.807, 2.05) is 0 Å². The van der Waals surface area contributed by atoms with Gasteiger partial charge in [-0.1, -0.05) is 24.3 Å². The number of benzene rings is 2. The Morgan fingerprint density at radius 2 is 1.92 bits per heavy atom. The summed E-state index contributed by atoms with van der Waals surface area (Å²) in [6, 6.07) is 10.8. The normalized spacial score (nSPS) is 17.0. The predicted molar refractivity (Wildman–Crippen MR) is 84.6 cm³/mol. The number of phenolic OH excluding ortho intramolecular Hbond substituents is 1. The maximum atomic E-state index is 13.0. The SMILES string of the molecule is COc1cccc([C@H]2Nc3ccccc3C(=O)N2CC(F)(F)F)c1O. The summed E-state index contributed by atoms with van der Waals surface area (Å²) < 4.78 is 44.1. The second kappa shape index (κ2) is 6.19. The lowest BCUT2D eigenvalue weighted by Crippen LogP contribution is -2.47. The molecule has 25 heavy (non-hydrogen) atoms. The quantitative estimate of drug-likeness (QED) is 0.887. The highest BCUT2D eigenvalue weighted by Crippen LogP contribution is 2.41.